The number of Topliss-reactive ketones (excluding diaryl/α,β-unsaturated/α-hetero) is 1. The smallest absolute Gasteiger partial charge is 0.261 e. The zero-order valence-corrected chi connectivity index (χ0v) is 10.8. The average Bonchev–Trinajstić information content (AvgIpc) is 2.27. The molecule has 0 saturated heterocycles. The largest absolute Gasteiger partial charge is 0.481 e. The van der Waals surface area contributed by atoms with Crippen LogP contribution < -0.4 is 4.74 Å². The molecule has 0 saturated carbocycles. The highest BCUT2D eigenvalue weighted by Gasteiger charge is 2.12. The Bertz CT molecular complexity index is 436. The molecule has 0 aromatic carbocycles. The summed E-state index contributed by atoms with van der Waals surface area (Å²) in [7, 11) is 1.50. The van der Waals surface area contributed by atoms with Crippen LogP contribution >= 0.6 is 15.9 Å². The van der Waals surface area contributed by atoms with Crippen molar-refractivity contribution in [1.29, 1.82) is 0 Å². The molecule has 7 heteroatoms. The number of nitrogens with zero attached hydrogens (tertiary/aromatic N) is 2. The third-order valence-electron chi connectivity index (χ3n) is 2.05. The van der Waals surface area contributed by atoms with Gasteiger partial charge in [-0.2, -0.15) is 0 Å². The molecule has 0 unspecified atom stereocenters. The van der Waals surface area contributed by atoms with E-state index >= 15 is 0 Å². The zero-order valence-electron chi connectivity index (χ0n) is 9.18. The van der Waals surface area contributed by atoms with Crippen LogP contribution in [-0.2, 0) is 11.2 Å². The lowest BCUT2D eigenvalue weighted by Gasteiger charge is -2.04. The summed E-state index contributed by atoms with van der Waals surface area (Å²) in [5.41, 5.74) is 0.654. The van der Waals surface area contributed by atoms with Crippen molar-refractivity contribution in [2.45, 2.75) is 12.8 Å². The molecule has 1 aromatic rings. The van der Waals surface area contributed by atoms with Crippen LogP contribution in [0.3, 0.4) is 0 Å². The number of hydrogen-bond acceptors (Lipinski definition) is 5. The lowest BCUT2D eigenvalue weighted by molar-refractivity contribution is -0.467. The SMILES string of the molecule is COc1ccc(Br)c(CCC(=O)C[N+](=O)[O-])n1. The van der Waals surface area contributed by atoms with Crippen molar-refractivity contribution in [3.8, 4) is 5.88 Å². The number of hydrogen-bond donors (Lipinski definition) is 0. The van der Waals surface area contributed by atoms with Gasteiger partial charge in [-0.25, -0.2) is 4.98 Å². The molecule has 0 aliphatic heterocycles. The lowest BCUT2D eigenvalue weighted by atomic mass is 10.1. The fourth-order valence-electron chi connectivity index (χ4n) is 1.23. The summed E-state index contributed by atoms with van der Waals surface area (Å²) in [4.78, 5) is 24.8. The lowest BCUT2D eigenvalue weighted by Crippen LogP contribution is -2.14. The second-order valence-electron chi connectivity index (χ2n) is 3.31. The van der Waals surface area contributed by atoms with E-state index in [4.69, 9.17) is 4.74 Å². The number of halogens is 1. The van der Waals surface area contributed by atoms with Gasteiger partial charge in [0.05, 0.1) is 12.8 Å². The number of rotatable bonds is 6. The van der Waals surface area contributed by atoms with Crippen LogP contribution in [0.15, 0.2) is 16.6 Å². The number of methoxy groups -OCH3 is 1. The van der Waals surface area contributed by atoms with Gasteiger partial charge in [-0.05, 0) is 28.4 Å². The normalized spacial score (nSPS) is 10.0. The fourth-order valence-corrected chi connectivity index (χ4v) is 1.65. The predicted molar refractivity (Wildman–Crippen MR) is 63.7 cm³/mol. The van der Waals surface area contributed by atoms with Gasteiger partial charge < -0.3 is 4.74 Å². The number of aryl methyl sites for hydroxylation is 1. The minimum absolute atomic E-state index is 0.0970. The quantitative estimate of drug-likeness (QED) is 0.589. The Morgan fingerprint density at radius 3 is 2.88 bits per heavy atom. The molecule has 1 heterocycles. The van der Waals surface area contributed by atoms with Gasteiger partial charge in [-0.3, -0.25) is 14.9 Å². The summed E-state index contributed by atoms with van der Waals surface area (Å²) < 4.78 is 5.71. The number of pyridine rings is 1. The first-order chi connectivity index (χ1) is 8.02. The molecule has 6 nitrogen and oxygen atoms in total. The van der Waals surface area contributed by atoms with Crippen molar-refractivity contribution in [1.82, 2.24) is 4.98 Å². The molecule has 0 amide bonds. The maximum absolute atomic E-state index is 11.2. The molecule has 0 aliphatic carbocycles. The van der Waals surface area contributed by atoms with Crippen molar-refractivity contribution >= 4 is 21.7 Å². The number of ether oxygens (including phenoxy) is 1. The van der Waals surface area contributed by atoms with Gasteiger partial charge in [-0.15, -0.1) is 0 Å². The van der Waals surface area contributed by atoms with E-state index in [0.29, 0.717) is 18.0 Å². The number of carbonyl (C=O) groups is 1. The van der Waals surface area contributed by atoms with Crippen molar-refractivity contribution in [2.24, 2.45) is 0 Å². The second-order valence-corrected chi connectivity index (χ2v) is 4.17. The summed E-state index contributed by atoms with van der Waals surface area (Å²) in [5, 5.41) is 10.1. The molecule has 0 radical (unpaired) electrons. The van der Waals surface area contributed by atoms with E-state index in [9.17, 15) is 14.9 Å². The van der Waals surface area contributed by atoms with Crippen molar-refractivity contribution in [2.75, 3.05) is 13.7 Å². The maximum Gasteiger partial charge on any atom is 0.261 e. The van der Waals surface area contributed by atoms with Crippen LogP contribution in [0, 0.1) is 10.1 Å². The van der Waals surface area contributed by atoms with Gasteiger partial charge in [0, 0.05) is 21.9 Å². The Kier molecular flexibility index (Phi) is 5.02. The molecular weight excluding hydrogens is 292 g/mol. The molecule has 1 aromatic heterocycles. The Labute approximate surface area is 106 Å². The van der Waals surface area contributed by atoms with Crippen LogP contribution in [-0.4, -0.2) is 29.3 Å². The summed E-state index contributed by atoms with van der Waals surface area (Å²) in [6.07, 6.45) is 0.449. The minimum atomic E-state index is -0.637. The van der Waals surface area contributed by atoms with Crippen LogP contribution in [0.2, 0.25) is 0 Å². The van der Waals surface area contributed by atoms with Gasteiger partial charge >= 0.3 is 0 Å². The molecular formula is C10H11BrN2O4. The number of carbonyl (C=O) groups excluding carboxylic acids is 1. The standard InChI is InChI=1S/C10H11BrN2O4/c1-17-10-5-3-8(11)9(12-10)4-2-7(14)6-13(15)16/h3,5H,2,4,6H2,1H3. The first-order valence-electron chi connectivity index (χ1n) is 4.86. The van der Waals surface area contributed by atoms with Crippen molar-refractivity contribution in [3.63, 3.8) is 0 Å². The molecule has 0 fully saturated rings. The average molecular weight is 303 g/mol. The Balaban J connectivity index is 2.62. The molecule has 0 spiro atoms. The summed E-state index contributed by atoms with van der Waals surface area (Å²) >= 11 is 3.30. The van der Waals surface area contributed by atoms with Crippen LogP contribution in [0.4, 0.5) is 0 Å². The zero-order chi connectivity index (χ0) is 12.8. The van der Waals surface area contributed by atoms with Gasteiger partial charge in [0.15, 0.2) is 0 Å². The Morgan fingerprint density at radius 1 is 1.59 bits per heavy atom. The molecule has 0 N–H and O–H groups in total. The Morgan fingerprint density at radius 2 is 2.29 bits per heavy atom. The number of ketones is 1. The van der Waals surface area contributed by atoms with Crippen LogP contribution in [0.5, 0.6) is 5.88 Å². The first kappa shape index (κ1) is 13.6. The second kappa shape index (κ2) is 6.29. The van der Waals surface area contributed by atoms with E-state index in [1.165, 1.54) is 7.11 Å². The van der Waals surface area contributed by atoms with E-state index in [2.05, 4.69) is 20.9 Å². The van der Waals surface area contributed by atoms with E-state index in [0.717, 1.165) is 4.47 Å². The Hall–Kier alpha value is -1.50. The molecule has 0 aliphatic rings. The molecule has 0 atom stereocenters. The van der Waals surface area contributed by atoms with Crippen LogP contribution in [0.1, 0.15) is 12.1 Å². The van der Waals surface area contributed by atoms with E-state index in [1.54, 1.807) is 12.1 Å². The van der Waals surface area contributed by atoms with Crippen LogP contribution in [0.25, 0.3) is 0 Å². The summed E-state index contributed by atoms with van der Waals surface area (Å²) in [5.74, 6) is 0.0384. The monoisotopic (exact) mass is 302 g/mol. The predicted octanol–water partition coefficient (Wildman–Crippen LogP) is 1.63. The van der Waals surface area contributed by atoms with Gasteiger partial charge in [0.25, 0.3) is 6.54 Å². The van der Waals surface area contributed by atoms with Gasteiger partial charge in [0.2, 0.25) is 11.7 Å². The number of nitro groups is 1. The maximum atomic E-state index is 11.2. The molecule has 1 rings (SSSR count). The first-order valence-corrected chi connectivity index (χ1v) is 5.65. The van der Waals surface area contributed by atoms with E-state index < -0.39 is 17.3 Å². The van der Waals surface area contributed by atoms with Crippen molar-refractivity contribution < 1.29 is 14.5 Å². The molecule has 0 bridgehead atoms. The van der Waals surface area contributed by atoms with Gasteiger partial charge in [0.1, 0.15) is 0 Å². The highest BCUT2D eigenvalue weighted by atomic mass is 79.9. The molecule has 17 heavy (non-hydrogen) atoms. The third-order valence-corrected chi connectivity index (χ3v) is 2.77. The highest BCUT2D eigenvalue weighted by Crippen LogP contribution is 2.19. The minimum Gasteiger partial charge on any atom is -0.481 e. The molecule has 92 valence electrons. The fraction of sp³-hybridized carbons (Fsp3) is 0.400. The highest BCUT2D eigenvalue weighted by molar-refractivity contribution is 9.10. The summed E-state index contributed by atoms with van der Waals surface area (Å²) in [6.45, 7) is -0.637. The topological polar surface area (TPSA) is 82.3 Å². The number of aromatic nitrogens is 1. The third kappa shape index (κ3) is 4.48. The van der Waals surface area contributed by atoms with Crippen molar-refractivity contribution in [3.05, 3.63) is 32.4 Å². The van der Waals surface area contributed by atoms with E-state index in [1.807, 2.05) is 0 Å². The van der Waals surface area contributed by atoms with Gasteiger partial charge in [-0.1, -0.05) is 0 Å². The summed E-state index contributed by atoms with van der Waals surface area (Å²) in [6, 6.07) is 3.45. The van der Waals surface area contributed by atoms with E-state index in [-0.39, 0.29) is 6.42 Å².